The molecule has 4 nitrogen and oxygen atoms in total. The average molecular weight is 349 g/mol. The minimum absolute atomic E-state index is 0.0590. The predicted octanol–water partition coefficient (Wildman–Crippen LogP) is 3.69. The summed E-state index contributed by atoms with van der Waals surface area (Å²) in [7, 11) is 0. The second-order valence-electron chi connectivity index (χ2n) is 7.14. The van der Waals surface area contributed by atoms with E-state index in [1.54, 1.807) is 0 Å². The maximum atomic E-state index is 12.3. The van der Waals surface area contributed by atoms with E-state index in [9.17, 15) is 9.90 Å². The van der Waals surface area contributed by atoms with E-state index in [-0.39, 0.29) is 22.9 Å². The van der Waals surface area contributed by atoms with Crippen molar-refractivity contribution < 1.29 is 9.90 Å². The normalized spacial score (nSPS) is 26.0. The summed E-state index contributed by atoms with van der Waals surface area (Å²) in [5.41, 5.74) is 0. The lowest BCUT2D eigenvalue weighted by Crippen LogP contribution is -2.48. The fraction of sp³-hybridized carbons (Fsp3) is 0.632. The van der Waals surface area contributed by atoms with Gasteiger partial charge in [0.25, 0.3) is 0 Å². The summed E-state index contributed by atoms with van der Waals surface area (Å²) in [6, 6.07) is 10.6. The summed E-state index contributed by atoms with van der Waals surface area (Å²) >= 11 is 1.91. The highest BCUT2D eigenvalue weighted by molar-refractivity contribution is 8.00. The van der Waals surface area contributed by atoms with Gasteiger partial charge in [0.15, 0.2) is 0 Å². The summed E-state index contributed by atoms with van der Waals surface area (Å²) in [6.45, 7) is 0.716. The second kappa shape index (κ2) is 8.26. The first-order valence-corrected chi connectivity index (χ1v) is 9.93. The summed E-state index contributed by atoms with van der Waals surface area (Å²) in [6.07, 6.45) is 7.93. The molecule has 3 rings (SSSR count). The summed E-state index contributed by atoms with van der Waals surface area (Å²) in [5, 5.41) is 15.7. The number of hydrogen-bond donors (Lipinski definition) is 3. The number of carbonyl (C=O) groups is 1. The quantitative estimate of drug-likeness (QED) is 0.760. The van der Waals surface area contributed by atoms with E-state index in [0.29, 0.717) is 6.54 Å². The van der Waals surface area contributed by atoms with Gasteiger partial charge in [0.1, 0.15) is 0 Å². The smallest absolute Gasteiger partial charge is 0.315 e. The number of benzene rings is 1. The molecule has 5 heteroatoms. The number of nitrogens with one attached hydrogen (secondary N) is 2. The van der Waals surface area contributed by atoms with E-state index < -0.39 is 0 Å². The molecule has 0 atom stereocenters. The van der Waals surface area contributed by atoms with Crippen LogP contribution in [0.25, 0.3) is 0 Å². The Labute approximate surface area is 148 Å². The Bertz CT molecular complexity index is 523. The number of aliphatic hydroxyl groups is 1. The summed E-state index contributed by atoms with van der Waals surface area (Å²) < 4.78 is 0.126. The van der Waals surface area contributed by atoms with Crippen molar-refractivity contribution in [3.8, 4) is 0 Å². The van der Waals surface area contributed by atoms with Gasteiger partial charge in [-0.25, -0.2) is 4.79 Å². The summed E-state index contributed by atoms with van der Waals surface area (Å²) in [5.74, 6) is 0. The largest absolute Gasteiger partial charge is 0.393 e. The van der Waals surface area contributed by atoms with Crippen molar-refractivity contribution in [1.29, 1.82) is 0 Å². The molecule has 2 aliphatic carbocycles. The van der Waals surface area contributed by atoms with Crippen molar-refractivity contribution >= 4 is 17.8 Å². The molecule has 2 fully saturated rings. The van der Waals surface area contributed by atoms with Gasteiger partial charge < -0.3 is 15.7 Å². The van der Waals surface area contributed by atoms with Crippen LogP contribution in [0.4, 0.5) is 4.79 Å². The molecule has 2 amide bonds. The number of hydrogen-bond acceptors (Lipinski definition) is 3. The minimum atomic E-state index is -0.185. The van der Waals surface area contributed by atoms with Crippen LogP contribution in [0.15, 0.2) is 35.2 Å². The van der Waals surface area contributed by atoms with Crippen LogP contribution in [-0.4, -0.2) is 34.6 Å². The molecule has 2 saturated carbocycles. The molecule has 2 aliphatic rings. The van der Waals surface area contributed by atoms with E-state index in [1.807, 2.05) is 17.8 Å². The van der Waals surface area contributed by atoms with Crippen molar-refractivity contribution in [2.24, 2.45) is 0 Å². The molecule has 0 aromatic heterocycles. The molecule has 0 saturated heterocycles. The number of thioether (sulfide) groups is 1. The molecular formula is C19H28N2O2S. The highest BCUT2D eigenvalue weighted by Crippen LogP contribution is 2.44. The Hall–Kier alpha value is -1.20. The van der Waals surface area contributed by atoms with Crippen molar-refractivity contribution in [1.82, 2.24) is 10.6 Å². The fourth-order valence-electron chi connectivity index (χ4n) is 3.77. The SMILES string of the molecule is O=C(NCC1(Sc2ccccc2)CCCC1)NC1CCC(O)CC1. The van der Waals surface area contributed by atoms with E-state index in [1.165, 1.54) is 17.7 Å². The topological polar surface area (TPSA) is 61.4 Å². The van der Waals surface area contributed by atoms with Crippen LogP contribution in [0.5, 0.6) is 0 Å². The molecular weight excluding hydrogens is 320 g/mol. The molecule has 0 aliphatic heterocycles. The number of amides is 2. The van der Waals surface area contributed by atoms with Crippen LogP contribution < -0.4 is 10.6 Å². The first kappa shape index (κ1) is 17.6. The van der Waals surface area contributed by atoms with Crippen molar-refractivity contribution in [3.63, 3.8) is 0 Å². The monoisotopic (exact) mass is 348 g/mol. The lowest BCUT2D eigenvalue weighted by Gasteiger charge is -2.30. The van der Waals surface area contributed by atoms with Crippen molar-refractivity contribution in [2.75, 3.05) is 6.54 Å². The Kier molecular flexibility index (Phi) is 6.06. The lowest BCUT2D eigenvalue weighted by molar-refractivity contribution is 0.117. The average Bonchev–Trinajstić information content (AvgIpc) is 3.05. The molecule has 0 spiro atoms. The van der Waals surface area contributed by atoms with E-state index >= 15 is 0 Å². The molecule has 0 radical (unpaired) electrons. The van der Waals surface area contributed by atoms with E-state index in [4.69, 9.17) is 0 Å². The fourth-order valence-corrected chi connectivity index (χ4v) is 5.20. The first-order chi connectivity index (χ1) is 11.7. The molecule has 1 aromatic carbocycles. The van der Waals surface area contributed by atoms with Crippen LogP contribution in [0, 0.1) is 0 Å². The van der Waals surface area contributed by atoms with Crippen molar-refractivity contribution in [2.45, 2.75) is 73.2 Å². The second-order valence-corrected chi connectivity index (χ2v) is 8.68. The Morgan fingerprint density at radius 2 is 1.79 bits per heavy atom. The standard InChI is InChI=1S/C19H28N2O2S/c22-16-10-8-15(9-11-16)21-18(23)20-14-19(12-4-5-13-19)24-17-6-2-1-3-7-17/h1-3,6-7,15-16,22H,4-5,8-14H2,(H2,20,21,23). The van der Waals surface area contributed by atoms with E-state index in [0.717, 1.165) is 38.5 Å². The van der Waals surface area contributed by atoms with Gasteiger partial charge in [0, 0.05) is 22.2 Å². The third-order valence-corrected chi connectivity index (χ3v) is 6.69. The molecule has 132 valence electrons. The Morgan fingerprint density at radius 3 is 2.46 bits per heavy atom. The van der Waals surface area contributed by atoms with Crippen LogP contribution in [0.1, 0.15) is 51.4 Å². The number of urea groups is 1. The molecule has 1 aromatic rings. The van der Waals surface area contributed by atoms with E-state index in [2.05, 4.69) is 34.9 Å². The minimum Gasteiger partial charge on any atom is -0.393 e. The number of rotatable bonds is 5. The van der Waals surface area contributed by atoms with Gasteiger partial charge in [-0.1, -0.05) is 31.0 Å². The van der Waals surface area contributed by atoms with Gasteiger partial charge in [-0.15, -0.1) is 11.8 Å². The summed E-state index contributed by atoms with van der Waals surface area (Å²) in [4.78, 5) is 13.5. The third-order valence-electron chi connectivity index (χ3n) is 5.20. The number of aliphatic hydroxyl groups excluding tert-OH is 1. The highest BCUT2D eigenvalue weighted by Gasteiger charge is 2.35. The molecule has 0 bridgehead atoms. The van der Waals surface area contributed by atoms with Crippen LogP contribution in [0.2, 0.25) is 0 Å². The maximum absolute atomic E-state index is 12.3. The van der Waals surface area contributed by atoms with Crippen LogP contribution in [0.3, 0.4) is 0 Å². The van der Waals surface area contributed by atoms with Gasteiger partial charge in [0.2, 0.25) is 0 Å². The number of carbonyl (C=O) groups excluding carboxylic acids is 1. The molecule has 24 heavy (non-hydrogen) atoms. The molecule has 0 unspecified atom stereocenters. The van der Waals surface area contributed by atoms with Crippen LogP contribution in [-0.2, 0) is 0 Å². The van der Waals surface area contributed by atoms with Gasteiger partial charge in [-0.3, -0.25) is 0 Å². The lowest BCUT2D eigenvalue weighted by atomic mass is 9.93. The van der Waals surface area contributed by atoms with Gasteiger partial charge in [-0.05, 0) is 50.7 Å². The van der Waals surface area contributed by atoms with Gasteiger partial charge >= 0.3 is 6.03 Å². The molecule has 3 N–H and O–H groups in total. The van der Waals surface area contributed by atoms with Crippen LogP contribution >= 0.6 is 11.8 Å². The van der Waals surface area contributed by atoms with Gasteiger partial charge in [0.05, 0.1) is 6.10 Å². The zero-order valence-corrected chi connectivity index (χ0v) is 15.0. The maximum Gasteiger partial charge on any atom is 0.315 e. The molecule has 0 heterocycles. The Balaban J connectivity index is 1.50. The highest BCUT2D eigenvalue weighted by atomic mass is 32.2. The van der Waals surface area contributed by atoms with Crippen molar-refractivity contribution in [3.05, 3.63) is 30.3 Å². The zero-order valence-electron chi connectivity index (χ0n) is 14.2. The predicted molar refractivity (Wildman–Crippen MR) is 98.3 cm³/mol. The van der Waals surface area contributed by atoms with Gasteiger partial charge in [-0.2, -0.15) is 0 Å². The zero-order chi connectivity index (χ0) is 16.8. The first-order valence-electron chi connectivity index (χ1n) is 9.12. The Morgan fingerprint density at radius 1 is 1.12 bits per heavy atom. The third kappa shape index (κ3) is 4.90.